The van der Waals surface area contributed by atoms with E-state index in [4.69, 9.17) is 14.2 Å². The molecular formula is C21H23N3O7. The number of carbonyl (C=O) groups is 2. The van der Waals surface area contributed by atoms with Gasteiger partial charge in [0.05, 0.1) is 19.8 Å². The van der Waals surface area contributed by atoms with Crippen LogP contribution in [0.4, 0.5) is 5.69 Å². The summed E-state index contributed by atoms with van der Waals surface area (Å²) in [5.41, 5.74) is 0.475. The number of hydrogen-bond donors (Lipinski definition) is 1. The molecule has 0 spiro atoms. The minimum atomic E-state index is -1.46. The highest BCUT2D eigenvalue weighted by Crippen LogP contribution is 2.38. The fraction of sp³-hybridized carbons (Fsp3) is 0.333. The molecule has 2 aromatic rings. The van der Waals surface area contributed by atoms with Crippen molar-refractivity contribution in [3.63, 3.8) is 0 Å². The number of para-hydroxylation sites is 1. The molecule has 0 saturated heterocycles. The van der Waals surface area contributed by atoms with Crippen molar-refractivity contribution in [2.24, 2.45) is 14.1 Å². The standard InChI is InChI=1S/C21H23N3O7/c1-10-8-7-9-11(2)15(10)22-16-13(20(27)30-6)12(19(26)29-5)14-17(25)23(3)21(28)24(4)18(14)31-16/h7-9,12,22H,1-6H3. The summed E-state index contributed by atoms with van der Waals surface area (Å²) in [5.74, 6) is -3.51. The number of rotatable bonds is 4. The highest BCUT2D eigenvalue weighted by molar-refractivity contribution is 6.00. The number of aryl methyl sites for hydroxylation is 2. The second kappa shape index (κ2) is 8.13. The average molecular weight is 429 g/mol. The van der Waals surface area contributed by atoms with Crippen LogP contribution < -0.4 is 21.3 Å². The van der Waals surface area contributed by atoms with Crippen LogP contribution in [0.25, 0.3) is 0 Å². The summed E-state index contributed by atoms with van der Waals surface area (Å²) < 4.78 is 17.5. The topological polar surface area (TPSA) is 118 Å². The molecule has 0 amide bonds. The molecule has 2 heterocycles. The number of benzene rings is 1. The predicted octanol–water partition coefficient (Wildman–Crippen LogP) is 0.847. The fourth-order valence-corrected chi connectivity index (χ4v) is 3.54. The van der Waals surface area contributed by atoms with Gasteiger partial charge in [0.25, 0.3) is 5.56 Å². The normalized spacial score (nSPS) is 15.1. The molecular weight excluding hydrogens is 406 g/mol. The van der Waals surface area contributed by atoms with Gasteiger partial charge in [-0.3, -0.25) is 18.7 Å². The SMILES string of the molecule is COC(=O)C1=C(Nc2c(C)cccc2C)Oc2c(c(=O)n(C)c(=O)n2C)C1C(=O)OC. The summed E-state index contributed by atoms with van der Waals surface area (Å²) in [6, 6.07) is 5.58. The van der Waals surface area contributed by atoms with Crippen LogP contribution in [0, 0.1) is 13.8 Å². The summed E-state index contributed by atoms with van der Waals surface area (Å²) in [6.45, 7) is 3.71. The van der Waals surface area contributed by atoms with E-state index in [0.29, 0.717) is 5.69 Å². The van der Waals surface area contributed by atoms with Crippen molar-refractivity contribution in [3.05, 3.63) is 67.2 Å². The number of methoxy groups -OCH3 is 2. The second-order valence-electron chi connectivity index (χ2n) is 7.11. The van der Waals surface area contributed by atoms with E-state index in [1.165, 1.54) is 14.1 Å². The van der Waals surface area contributed by atoms with Crippen molar-refractivity contribution in [1.82, 2.24) is 9.13 Å². The maximum atomic E-state index is 12.9. The minimum absolute atomic E-state index is 0.129. The monoisotopic (exact) mass is 429 g/mol. The lowest BCUT2D eigenvalue weighted by Gasteiger charge is -2.29. The van der Waals surface area contributed by atoms with E-state index in [0.717, 1.165) is 34.5 Å². The number of fused-ring (bicyclic) bond motifs is 1. The third-order valence-electron chi connectivity index (χ3n) is 5.23. The molecule has 10 heteroatoms. The summed E-state index contributed by atoms with van der Waals surface area (Å²) in [4.78, 5) is 50.9. The first-order valence-corrected chi connectivity index (χ1v) is 9.35. The quantitative estimate of drug-likeness (QED) is 0.711. The zero-order valence-electron chi connectivity index (χ0n) is 18.1. The zero-order valence-corrected chi connectivity index (χ0v) is 18.1. The lowest BCUT2D eigenvalue weighted by atomic mass is 9.90. The minimum Gasteiger partial charge on any atom is -0.468 e. The van der Waals surface area contributed by atoms with Gasteiger partial charge >= 0.3 is 17.6 Å². The van der Waals surface area contributed by atoms with E-state index in [9.17, 15) is 19.2 Å². The number of nitrogens with zero attached hydrogens (tertiary/aromatic N) is 2. The third kappa shape index (κ3) is 3.49. The van der Waals surface area contributed by atoms with Crippen molar-refractivity contribution in [2.45, 2.75) is 19.8 Å². The summed E-state index contributed by atoms with van der Waals surface area (Å²) in [7, 11) is 4.95. The molecule has 1 aliphatic rings. The molecule has 164 valence electrons. The first-order chi connectivity index (χ1) is 14.6. The van der Waals surface area contributed by atoms with Gasteiger partial charge in [0.2, 0.25) is 11.8 Å². The van der Waals surface area contributed by atoms with Crippen LogP contribution in [0.1, 0.15) is 22.6 Å². The van der Waals surface area contributed by atoms with Crippen molar-refractivity contribution < 1.29 is 23.8 Å². The highest BCUT2D eigenvalue weighted by atomic mass is 16.5. The Hall–Kier alpha value is -3.82. The predicted molar refractivity (Wildman–Crippen MR) is 111 cm³/mol. The zero-order chi connectivity index (χ0) is 23.0. The first-order valence-electron chi connectivity index (χ1n) is 9.35. The van der Waals surface area contributed by atoms with E-state index in [1.807, 2.05) is 32.0 Å². The lowest BCUT2D eigenvalue weighted by molar-refractivity contribution is -0.145. The van der Waals surface area contributed by atoms with Gasteiger partial charge in [-0.25, -0.2) is 9.59 Å². The molecule has 0 fully saturated rings. The Morgan fingerprint density at radius 1 is 1.03 bits per heavy atom. The van der Waals surface area contributed by atoms with Gasteiger partial charge in [0.15, 0.2) is 0 Å². The Kier molecular flexibility index (Phi) is 5.74. The van der Waals surface area contributed by atoms with Crippen molar-refractivity contribution >= 4 is 17.6 Å². The van der Waals surface area contributed by atoms with Crippen molar-refractivity contribution in [3.8, 4) is 5.88 Å². The molecule has 31 heavy (non-hydrogen) atoms. The molecule has 1 aromatic heterocycles. The molecule has 1 unspecified atom stereocenters. The first kappa shape index (κ1) is 21.9. The highest BCUT2D eigenvalue weighted by Gasteiger charge is 2.44. The summed E-state index contributed by atoms with van der Waals surface area (Å²) in [6.07, 6.45) is 0. The number of hydrogen-bond acceptors (Lipinski definition) is 8. The van der Waals surface area contributed by atoms with Crippen LogP contribution in [0.3, 0.4) is 0 Å². The average Bonchev–Trinajstić information content (AvgIpc) is 2.76. The number of anilines is 1. The van der Waals surface area contributed by atoms with E-state index < -0.39 is 29.1 Å². The van der Waals surface area contributed by atoms with Crippen LogP contribution in [0.15, 0.2) is 39.2 Å². The molecule has 1 N–H and O–H groups in total. The molecule has 0 radical (unpaired) electrons. The Bertz CT molecular complexity index is 1220. The molecule has 10 nitrogen and oxygen atoms in total. The Balaban J connectivity index is 2.37. The lowest BCUT2D eigenvalue weighted by Crippen LogP contribution is -2.44. The largest absolute Gasteiger partial charge is 0.468 e. The van der Waals surface area contributed by atoms with Crippen LogP contribution >= 0.6 is 0 Å². The Labute approximate surface area is 177 Å². The third-order valence-corrected chi connectivity index (χ3v) is 5.23. The molecule has 1 atom stereocenters. The van der Waals surface area contributed by atoms with Crippen molar-refractivity contribution in [1.29, 1.82) is 0 Å². The maximum absolute atomic E-state index is 12.9. The van der Waals surface area contributed by atoms with Crippen LogP contribution in [0.5, 0.6) is 5.88 Å². The van der Waals surface area contributed by atoms with Crippen LogP contribution in [0.2, 0.25) is 0 Å². The number of ether oxygens (including phenoxy) is 3. The second-order valence-corrected chi connectivity index (χ2v) is 7.11. The number of carbonyl (C=O) groups excluding carboxylic acids is 2. The van der Waals surface area contributed by atoms with E-state index in [2.05, 4.69) is 5.32 Å². The number of nitrogens with one attached hydrogen (secondary N) is 1. The van der Waals surface area contributed by atoms with Gasteiger partial charge in [-0.1, -0.05) is 18.2 Å². The van der Waals surface area contributed by atoms with E-state index >= 15 is 0 Å². The van der Waals surface area contributed by atoms with Crippen LogP contribution in [-0.2, 0) is 33.2 Å². The van der Waals surface area contributed by atoms with Gasteiger partial charge in [0, 0.05) is 19.8 Å². The molecule has 1 aliphatic heterocycles. The van der Waals surface area contributed by atoms with Gasteiger partial charge in [-0.15, -0.1) is 0 Å². The molecule has 0 aliphatic carbocycles. The molecule has 0 bridgehead atoms. The van der Waals surface area contributed by atoms with Gasteiger partial charge in [-0.05, 0) is 25.0 Å². The number of aromatic nitrogens is 2. The summed E-state index contributed by atoms with van der Waals surface area (Å²) >= 11 is 0. The van der Waals surface area contributed by atoms with Gasteiger partial charge < -0.3 is 19.5 Å². The van der Waals surface area contributed by atoms with Crippen molar-refractivity contribution in [2.75, 3.05) is 19.5 Å². The van der Waals surface area contributed by atoms with E-state index in [-0.39, 0.29) is 22.9 Å². The Morgan fingerprint density at radius 2 is 1.65 bits per heavy atom. The number of esters is 2. The van der Waals surface area contributed by atoms with Gasteiger partial charge in [0.1, 0.15) is 11.5 Å². The fourth-order valence-electron chi connectivity index (χ4n) is 3.54. The molecule has 3 rings (SSSR count). The van der Waals surface area contributed by atoms with Gasteiger partial charge in [-0.2, -0.15) is 0 Å². The molecule has 1 aromatic carbocycles. The van der Waals surface area contributed by atoms with E-state index in [1.54, 1.807) is 0 Å². The Morgan fingerprint density at radius 3 is 2.19 bits per heavy atom. The van der Waals surface area contributed by atoms with Crippen LogP contribution in [-0.4, -0.2) is 35.3 Å². The summed E-state index contributed by atoms with van der Waals surface area (Å²) in [5, 5.41) is 3.04. The smallest absolute Gasteiger partial charge is 0.340 e. The maximum Gasteiger partial charge on any atom is 0.340 e. The molecule has 0 saturated carbocycles.